The maximum atomic E-state index is 12.8. The van der Waals surface area contributed by atoms with Gasteiger partial charge in [0.2, 0.25) is 0 Å². The van der Waals surface area contributed by atoms with Crippen molar-refractivity contribution in [2.45, 2.75) is 332 Å². The fourth-order valence-corrected chi connectivity index (χ4v) is 34.7. The van der Waals surface area contributed by atoms with Crippen LogP contribution in [0.3, 0.4) is 0 Å². The number of likely N-dealkylation sites (tertiary alicyclic amines) is 5. The number of ether oxygens (including phenoxy) is 3. The Bertz CT molecular complexity index is 6190. The van der Waals surface area contributed by atoms with Gasteiger partial charge in [0.1, 0.15) is 45.4 Å². The first-order chi connectivity index (χ1) is 69.7. The number of methoxy groups -OCH3 is 3. The molecule has 32 nitrogen and oxygen atoms in total. The average Bonchev–Trinajstić information content (AvgIpc) is 1.21. The van der Waals surface area contributed by atoms with Crippen LogP contribution >= 0.6 is 0 Å². The van der Waals surface area contributed by atoms with Crippen LogP contribution in [0.1, 0.15) is 248 Å². The first kappa shape index (κ1) is 94.8. The van der Waals surface area contributed by atoms with E-state index in [0.29, 0.717) is 82.8 Å². The Kier molecular flexibility index (Phi) is 21.9. The number of phenolic OH excluding ortho intramolecular Hbond substituents is 2. The average molecular weight is 1990 g/mol. The number of carbonyl (C=O) groups excluding carboxylic acids is 8. The second-order valence-corrected chi connectivity index (χ2v) is 50.2. The Balaban J connectivity index is 0.0000000923. The minimum atomic E-state index is -0.980. The summed E-state index contributed by atoms with van der Waals surface area (Å²) >= 11 is 0. The Morgan fingerprint density at radius 1 is 0.310 bits per heavy atom. The first-order valence-corrected chi connectivity index (χ1v) is 55.0. The number of phenols is 2. The van der Waals surface area contributed by atoms with Crippen LogP contribution in [-0.4, -0.2) is 283 Å². The Morgan fingerprint density at radius 3 is 0.952 bits per heavy atom. The number of nitrogens with one attached hydrogen (secondary N) is 10. The fourth-order valence-electron chi connectivity index (χ4n) is 34.7. The van der Waals surface area contributed by atoms with Crippen molar-refractivity contribution in [1.29, 1.82) is 0 Å². The third-order valence-electron chi connectivity index (χ3n) is 42.6. The molecule has 0 radical (unpaired) electrons. The molecule has 0 aromatic heterocycles. The number of fused-ring (bicyclic) bond motifs is 5. The lowest BCUT2D eigenvalue weighted by Crippen LogP contribution is -2.76. The third kappa shape index (κ3) is 14.8. The van der Waals surface area contributed by atoms with Crippen molar-refractivity contribution in [3.8, 4) is 28.7 Å². The van der Waals surface area contributed by atoms with Gasteiger partial charge in [-0.1, -0.05) is 30.3 Å². The number of benzene rings is 5. The standard InChI is InChI=1S/C23H29N3O4.C23H31N3O3.C23H29N3O3.C22H27N3O4.C22H29N3O3/c1-30-16-5-4-15-10-18-23(29)7-6-22(19(27)24-20(28)25-22)13-21(23,17(15)11-16)8-9-26(18)12-14-2-3-14;1-29-17-5-4-16-10-19-23(28)7-6-21(14-24-20(27)25-21)13-22(23,18(16)11-17)8-9-26(19)12-15-2-3-15;1-29-16-5-4-15-10-19-17-6-7-23(20(27)24-21(28)25-23)13-22(17,18(15)11-16)8-9-26(19)12-14-2-3-14;26-15-4-3-14-9-17-22(29)6-5-21(18(27)23-19(28)24-21)12-20(22,16(14)10-15)7-8-25(17)11-13-1-2-13;26-16-4-3-15-9-18-22(28)6-5-20(13-23-19(27)24-20)12-21(22,17(15)10-16)7-8-25(18)11-14-1-2-14/h4-5,11,14,18,29H,2-3,6-10,12-13H2,1H3,(H2,24,25,27,28);4-5,11,15,19,28H,2-3,6-10,12-14H2,1H3,(H2,24,25,27);4-5,11,14,17,19H,2-3,6-10,12-13H2,1H3,(H2,24,25,27,28);3-4,10,13,17,26,29H,1-2,5-9,11-12H2,(H2,23,24,27,28);3-4,10,14,18,26,28H,1-2,5-9,11-13H2,(H2,23,24,27)/t18-,21-,22+,23-;19-,21+,22-,23-;17-,19+,22-,23-;17-,20-,21+,22-;18-,20+,21-,22-/m11011/s1. The highest BCUT2D eigenvalue weighted by Crippen LogP contribution is 2.68. The summed E-state index contributed by atoms with van der Waals surface area (Å²) in [5.41, 5.74) is 3.40. The van der Waals surface area contributed by atoms with Crippen LogP contribution in [0.2, 0.25) is 0 Å². The van der Waals surface area contributed by atoms with Crippen LogP contribution in [0.4, 0.5) is 24.0 Å². The summed E-state index contributed by atoms with van der Waals surface area (Å²) in [5.74, 6) is 6.80. The molecule has 10 saturated carbocycles. The topological polar surface area (TPSA) is 422 Å². The largest absolute Gasteiger partial charge is 0.508 e. The molecule has 15 aliphatic carbocycles. The summed E-state index contributed by atoms with van der Waals surface area (Å²) in [7, 11) is 5.08. The Hall–Kier alpha value is -9.90. The number of nitrogens with zero attached hydrogens (tertiary/aromatic N) is 5. The summed E-state index contributed by atoms with van der Waals surface area (Å²) in [5, 5.41) is 98.2. The second-order valence-electron chi connectivity index (χ2n) is 50.2. The predicted molar refractivity (Wildman–Crippen MR) is 535 cm³/mol. The van der Waals surface area contributed by atoms with E-state index < -0.39 is 67.3 Å². The van der Waals surface area contributed by atoms with Crippen molar-refractivity contribution in [1.82, 2.24) is 77.7 Å². The van der Waals surface area contributed by atoms with Crippen LogP contribution in [0.5, 0.6) is 28.7 Å². The molecule has 0 unspecified atom stereocenters. The van der Waals surface area contributed by atoms with Crippen molar-refractivity contribution in [2.24, 2.45) is 35.5 Å². The zero-order chi connectivity index (χ0) is 99.5. The third-order valence-corrected chi connectivity index (χ3v) is 42.6. The van der Waals surface area contributed by atoms with Crippen molar-refractivity contribution in [2.75, 3.05) is 99.9 Å². The summed E-state index contributed by atoms with van der Waals surface area (Å²) in [6.07, 6.45) is 31.6. The van der Waals surface area contributed by atoms with E-state index in [9.17, 15) is 69.0 Å². The molecule has 145 heavy (non-hydrogen) atoms. The SMILES string of the molecule is COc1ccc2c(c1)[C@]13CCN(CC4CC4)[C@H](C2)[C@@H]1CC[C@@]1(C3)NC(=O)NC1=O.COc1ccc2c(c1)[C@]13CCN(CC4CC4)[C@H](C2)[C@]1(O)CC[C@@]1(C3)NC(=O)NC1=O.COc1ccc2c(c1)[C@]13CCN(CC4CC4)[C@H](C2)[C@]1(O)CC[C@@]1(CNC(=O)N1)C3.O=C1NC(=O)[C@@]2(CC[C@@]3(O)[C@H]4Cc5ccc(O)cc5[C@@]3(CCN4CC3CC3)C2)N1.O=C1NC[C@@]2(CC[C@@]3(O)[C@H]4Cc5ccc(O)cc5[C@@]3(CCN4CC3CC3)C2)N1. The summed E-state index contributed by atoms with van der Waals surface area (Å²) in [4.78, 5) is 111. The Labute approximate surface area is 847 Å². The lowest BCUT2D eigenvalue weighted by atomic mass is 9.46. The lowest BCUT2D eigenvalue weighted by molar-refractivity contribution is -0.180. The van der Waals surface area contributed by atoms with Crippen LogP contribution in [-0.2, 0) is 73.6 Å². The molecule has 5 aromatic rings. The first-order valence-electron chi connectivity index (χ1n) is 55.0. The molecule has 32 heteroatoms. The molecule has 20 atom stereocenters. The van der Waals surface area contributed by atoms with Gasteiger partial charge in [-0.2, -0.15) is 0 Å². The van der Waals surface area contributed by atoms with Gasteiger partial charge in [0.15, 0.2) is 0 Å². The van der Waals surface area contributed by atoms with Gasteiger partial charge in [-0.15, -0.1) is 0 Å². The maximum Gasteiger partial charge on any atom is 0.322 e. The van der Waals surface area contributed by atoms with E-state index in [1.807, 2.05) is 24.3 Å². The molecule has 30 rings (SSSR count). The molecular formula is C113H145N15O17. The minimum absolute atomic E-state index is 0.00593. The summed E-state index contributed by atoms with van der Waals surface area (Å²) in [6.45, 7) is 11.7. The molecule has 20 fully saturated rings. The van der Waals surface area contributed by atoms with Crippen LogP contribution < -0.4 is 67.4 Å². The number of hydrogen-bond donors (Lipinski definition) is 16. The summed E-state index contributed by atoms with van der Waals surface area (Å²) < 4.78 is 16.7. The minimum Gasteiger partial charge on any atom is -0.508 e. The van der Waals surface area contributed by atoms with Crippen LogP contribution in [0, 0.1) is 35.5 Å². The van der Waals surface area contributed by atoms with Crippen molar-refractivity contribution in [3.05, 3.63) is 147 Å². The van der Waals surface area contributed by atoms with Gasteiger partial charge in [-0.3, -0.25) is 54.8 Å². The van der Waals surface area contributed by atoms with E-state index in [1.54, 1.807) is 39.5 Å². The normalized spacial score (nSPS) is 40.3. The lowest BCUT2D eigenvalue weighted by Gasteiger charge is -2.66. The van der Waals surface area contributed by atoms with Crippen molar-refractivity contribution < 1.29 is 83.2 Å². The van der Waals surface area contributed by atoms with E-state index >= 15 is 0 Å². The second kappa shape index (κ2) is 33.6. The number of hydrogen-bond acceptors (Lipinski definition) is 22. The molecule has 5 spiro atoms. The van der Waals surface area contributed by atoms with Gasteiger partial charge in [-0.05, 0) is 409 Å². The predicted octanol–water partition coefficient (Wildman–Crippen LogP) is 8.56. The number of aromatic hydroxyl groups is 2. The number of urea groups is 5. The van der Waals surface area contributed by atoms with E-state index in [0.717, 1.165) is 231 Å². The van der Waals surface area contributed by atoms with E-state index in [4.69, 9.17) is 14.2 Å². The summed E-state index contributed by atoms with van der Waals surface area (Å²) in [6, 6.07) is 29.8. The highest BCUT2D eigenvalue weighted by molar-refractivity contribution is 6.09. The fraction of sp³-hybridized carbons (Fsp3) is 0.664. The van der Waals surface area contributed by atoms with Gasteiger partial charge in [0, 0.05) is 103 Å². The number of carbonyl (C=O) groups is 8. The molecule has 13 amide bonds. The number of piperidine rings is 5. The van der Waals surface area contributed by atoms with Crippen LogP contribution in [0.15, 0.2) is 91.0 Å². The molecule has 10 saturated heterocycles. The van der Waals surface area contributed by atoms with Gasteiger partial charge < -0.3 is 82.1 Å². The molecule has 5 aromatic carbocycles. The van der Waals surface area contributed by atoms with Crippen molar-refractivity contribution in [3.63, 3.8) is 0 Å². The molecule has 10 aliphatic heterocycles. The van der Waals surface area contributed by atoms with Crippen molar-refractivity contribution >= 4 is 47.9 Å². The quantitative estimate of drug-likeness (QED) is 0.0491. The van der Waals surface area contributed by atoms with E-state index in [-0.39, 0.29) is 93.4 Å². The molecular weight excluding hydrogens is 1840 g/mol. The van der Waals surface area contributed by atoms with Gasteiger partial charge in [0.25, 0.3) is 17.7 Å². The number of rotatable bonds is 13. The highest BCUT2D eigenvalue weighted by atomic mass is 16.5. The molecule has 774 valence electrons. The molecule has 10 heterocycles. The Morgan fingerprint density at radius 2 is 0.621 bits per heavy atom. The van der Waals surface area contributed by atoms with E-state index in [2.05, 4.69) is 126 Å². The number of amides is 13. The van der Waals surface area contributed by atoms with Crippen LogP contribution in [0.25, 0.3) is 0 Å². The van der Waals surface area contributed by atoms with Gasteiger partial charge >= 0.3 is 30.2 Å². The highest BCUT2D eigenvalue weighted by Gasteiger charge is 2.75. The monoisotopic (exact) mass is 1980 g/mol. The zero-order valence-electron chi connectivity index (χ0n) is 84.2. The smallest absolute Gasteiger partial charge is 0.322 e. The molecule has 10 bridgehead atoms. The van der Waals surface area contributed by atoms with Gasteiger partial charge in [-0.25, -0.2) is 24.0 Å². The van der Waals surface area contributed by atoms with E-state index in [1.165, 1.54) is 104 Å². The zero-order valence-corrected chi connectivity index (χ0v) is 84.2. The number of aliphatic hydroxyl groups is 4. The number of imide groups is 3. The molecule has 16 N–H and O–H groups in total. The maximum absolute atomic E-state index is 12.8. The molecule has 25 aliphatic rings. The van der Waals surface area contributed by atoms with Gasteiger partial charge in [0.05, 0.1) is 54.8 Å².